The molecule has 0 nitrogen and oxygen atoms in total. The summed E-state index contributed by atoms with van der Waals surface area (Å²) in [4.78, 5) is 0. The fraction of sp³-hybridized carbons (Fsp3) is 0.423. The van der Waals surface area contributed by atoms with E-state index in [0.29, 0.717) is 0 Å². The summed E-state index contributed by atoms with van der Waals surface area (Å²) in [6.45, 7) is 27.7. The molecule has 26 heavy (non-hydrogen) atoms. The van der Waals surface area contributed by atoms with E-state index in [1.807, 2.05) is 71.1 Å². The number of hydrogen-bond acceptors (Lipinski definition) is 0. The first kappa shape index (κ1) is 28.8. The molecule has 1 rings (SSSR count). The van der Waals surface area contributed by atoms with Crippen LogP contribution in [0.5, 0.6) is 0 Å². The van der Waals surface area contributed by atoms with Crippen LogP contribution in [0.3, 0.4) is 0 Å². The highest BCUT2D eigenvalue weighted by Gasteiger charge is 2.38. The topological polar surface area (TPSA) is 0 Å². The third-order valence-corrected chi connectivity index (χ3v) is 4.11. The van der Waals surface area contributed by atoms with Crippen molar-refractivity contribution in [3.05, 3.63) is 91.8 Å². The first-order valence-corrected chi connectivity index (χ1v) is 9.68. The monoisotopic (exact) mass is 354 g/mol. The summed E-state index contributed by atoms with van der Waals surface area (Å²) in [5.41, 5.74) is 4.28. The molecular formula is C26H42. The van der Waals surface area contributed by atoms with Crippen LogP contribution in [0.1, 0.15) is 61.8 Å². The van der Waals surface area contributed by atoms with Crippen molar-refractivity contribution in [2.45, 2.75) is 61.8 Å². The highest BCUT2D eigenvalue weighted by atomic mass is 14.4. The van der Waals surface area contributed by atoms with Crippen LogP contribution < -0.4 is 0 Å². The van der Waals surface area contributed by atoms with Crippen molar-refractivity contribution in [1.29, 1.82) is 0 Å². The van der Waals surface area contributed by atoms with Crippen molar-refractivity contribution in [3.63, 3.8) is 0 Å². The third kappa shape index (κ3) is 10.1. The van der Waals surface area contributed by atoms with Crippen LogP contribution >= 0.6 is 0 Å². The van der Waals surface area contributed by atoms with Gasteiger partial charge >= 0.3 is 0 Å². The Morgan fingerprint density at radius 2 is 1.58 bits per heavy atom. The lowest BCUT2D eigenvalue weighted by Gasteiger charge is -2.41. The Kier molecular flexibility index (Phi) is 19.7. The van der Waals surface area contributed by atoms with E-state index in [2.05, 4.69) is 64.5 Å². The normalized spacial score (nSPS) is 17.8. The summed E-state index contributed by atoms with van der Waals surface area (Å²) in [6.07, 6.45) is 21.1. The first-order valence-electron chi connectivity index (χ1n) is 9.68. The van der Waals surface area contributed by atoms with Crippen molar-refractivity contribution in [1.82, 2.24) is 0 Å². The van der Waals surface area contributed by atoms with Crippen molar-refractivity contribution in [2.24, 2.45) is 10.8 Å². The van der Waals surface area contributed by atoms with Gasteiger partial charge in [-0.3, -0.25) is 0 Å². The van der Waals surface area contributed by atoms with Crippen LogP contribution in [-0.4, -0.2) is 0 Å². The molecule has 0 amide bonds. The molecule has 0 saturated heterocycles. The lowest BCUT2D eigenvalue weighted by molar-refractivity contribution is 0.258. The molecule has 1 aliphatic carbocycles. The second kappa shape index (κ2) is 17.8. The molecule has 0 aliphatic heterocycles. The van der Waals surface area contributed by atoms with Gasteiger partial charge in [-0.25, -0.2) is 0 Å². The van der Waals surface area contributed by atoms with Crippen molar-refractivity contribution in [2.75, 3.05) is 0 Å². The van der Waals surface area contributed by atoms with Gasteiger partial charge in [0.05, 0.1) is 0 Å². The van der Waals surface area contributed by atoms with Crippen LogP contribution in [0.4, 0.5) is 0 Å². The Morgan fingerprint density at radius 3 is 2.04 bits per heavy atom. The Bertz CT molecular complexity index is 528. The van der Waals surface area contributed by atoms with Gasteiger partial charge in [-0.1, -0.05) is 104 Å². The molecule has 0 bridgehead atoms. The maximum Gasteiger partial charge on any atom is 0.0125 e. The first-order chi connectivity index (χ1) is 12.4. The molecule has 0 aromatic carbocycles. The maximum absolute atomic E-state index is 4.02. The van der Waals surface area contributed by atoms with E-state index in [9.17, 15) is 0 Å². The van der Waals surface area contributed by atoms with Crippen molar-refractivity contribution < 1.29 is 0 Å². The number of hydrogen-bond donors (Lipinski definition) is 0. The largest absolute Gasteiger partial charge is 0.125 e. The van der Waals surface area contributed by atoms with Gasteiger partial charge in [0.25, 0.3) is 0 Å². The predicted octanol–water partition coefficient (Wildman–Crippen LogP) is 8.79. The molecule has 1 aliphatic rings. The average molecular weight is 355 g/mol. The molecule has 0 fully saturated rings. The van der Waals surface area contributed by atoms with Gasteiger partial charge in [0.2, 0.25) is 0 Å². The summed E-state index contributed by atoms with van der Waals surface area (Å²) in [6, 6.07) is 0. The summed E-state index contributed by atoms with van der Waals surface area (Å²) in [7, 11) is 0. The third-order valence-electron chi connectivity index (χ3n) is 4.11. The average Bonchev–Trinajstić information content (AvgIpc) is 2.63. The lowest BCUT2D eigenvalue weighted by atomic mass is 9.62. The van der Waals surface area contributed by atoms with Crippen LogP contribution in [0.25, 0.3) is 0 Å². The van der Waals surface area contributed by atoms with E-state index in [1.54, 1.807) is 6.08 Å². The highest BCUT2D eigenvalue weighted by molar-refractivity contribution is 5.35. The van der Waals surface area contributed by atoms with Gasteiger partial charge in [-0.2, -0.15) is 0 Å². The molecule has 0 aromatic rings. The fourth-order valence-electron chi connectivity index (χ4n) is 2.17. The Morgan fingerprint density at radius 1 is 1.04 bits per heavy atom. The van der Waals surface area contributed by atoms with E-state index in [0.717, 1.165) is 6.42 Å². The van der Waals surface area contributed by atoms with Crippen molar-refractivity contribution >= 4 is 0 Å². The van der Waals surface area contributed by atoms with Crippen LogP contribution in [-0.2, 0) is 0 Å². The molecule has 1 atom stereocenters. The number of rotatable bonds is 5. The molecule has 0 aromatic heterocycles. The lowest BCUT2D eigenvalue weighted by Crippen LogP contribution is -2.33. The summed E-state index contributed by atoms with van der Waals surface area (Å²) < 4.78 is 0. The molecule has 0 heterocycles. The molecule has 0 spiro atoms. The van der Waals surface area contributed by atoms with E-state index < -0.39 is 0 Å². The SMILES string of the molecule is C=C/C=C/C(C)(C=C)C(C)(C)C1=C/CC=C=C/C=C\1.C=CC.CC.CC. The highest BCUT2D eigenvalue weighted by Crippen LogP contribution is 2.47. The fourth-order valence-corrected chi connectivity index (χ4v) is 2.17. The Balaban J connectivity index is -0.000000663. The quantitative estimate of drug-likeness (QED) is 0.263. The zero-order valence-electron chi connectivity index (χ0n) is 18.6. The molecular weight excluding hydrogens is 312 g/mol. The minimum atomic E-state index is -0.121. The van der Waals surface area contributed by atoms with Crippen LogP contribution in [0.2, 0.25) is 0 Å². The minimum absolute atomic E-state index is 0.0379. The standard InChI is InChI=1S/C19H24.C3H6.2C2H6/c1-6-8-16-19(5,7-2)18(3,4)17-14-12-10-9-11-13-15-17;1-3-2;2*1-2/h6-8,10-12,14-16H,1-2,13H2,3-5H3;3H,1H2,2H3;2*1-2H3/b14-12-,16-8+,17-15+;;;. The van der Waals surface area contributed by atoms with E-state index in [4.69, 9.17) is 0 Å². The van der Waals surface area contributed by atoms with E-state index in [-0.39, 0.29) is 10.8 Å². The summed E-state index contributed by atoms with van der Waals surface area (Å²) in [5, 5.41) is 0. The molecule has 146 valence electrons. The van der Waals surface area contributed by atoms with Gasteiger partial charge < -0.3 is 0 Å². The minimum Gasteiger partial charge on any atom is -0.125 e. The molecule has 0 N–H and O–H groups in total. The van der Waals surface area contributed by atoms with E-state index in [1.165, 1.54) is 5.57 Å². The zero-order valence-corrected chi connectivity index (χ0v) is 18.6. The molecule has 0 radical (unpaired) electrons. The summed E-state index contributed by atoms with van der Waals surface area (Å²) in [5.74, 6) is 0. The smallest absolute Gasteiger partial charge is 0.0125 e. The zero-order chi connectivity index (χ0) is 21.1. The maximum atomic E-state index is 4.02. The molecule has 0 saturated carbocycles. The van der Waals surface area contributed by atoms with Gasteiger partial charge in [0, 0.05) is 10.8 Å². The van der Waals surface area contributed by atoms with Crippen molar-refractivity contribution in [3.8, 4) is 0 Å². The van der Waals surface area contributed by atoms with Gasteiger partial charge in [0.15, 0.2) is 0 Å². The van der Waals surface area contributed by atoms with Crippen LogP contribution in [0.15, 0.2) is 91.8 Å². The van der Waals surface area contributed by atoms with Crippen LogP contribution in [0, 0.1) is 10.8 Å². The number of allylic oxidation sites excluding steroid dienone is 10. The Labute approximate surface area is 164 Å². The predicted molar refractivity (Wildman–Crippen MR) is 124 cm³/mol. The second-order valence-corrected chi connectivity index (χ2v) is 5.91. The second-order valence-electron chi connectivity index (χ2n) is 5.91. The van der Waals surface area contributed by atoms with Gasteiger partial charge in [0.1, 0.15) is 0 Å². The molecule has 1 unspecified atom stereocenters. The summed E-state index contributed by atoms with van der Waals surface area (Å²) >= 11 is 0. The van der Waals surface area contributed by atoms with Gasteiger partial charge in [-0.15, -0.1) is 18.9 Å². The van der Waals surface area contributed by atoms with Gasteiger partial charge in [-0.05, 0) is 31.1 Å². The molecule has 0 heteroatoms. The van der Waals surface area contributed by atoms with E-state index >= 15 is 0 Å². The Hall–Kier alpha value is -2.04.